The molecule has 0 radical (unpaired) electrons. The lowest BCUT2D eigenvalue weighted by Crippen LogP contribution is -2.26. The predicted molar refractivity (Wildman–Crippen MR) is 81.0 cm³/mol. The first-order chi connectivity index (χ1) is 10.2. The molecule has 0 N–H and O–H groups in total. The predicted octanol–water partition coefficient (Wildman–Crippen LogP) is 2.76. The molecule has 0 spiro atoms. The van der Waals surface area contributed by atoms with Gasteiger partial charge in [-0.3, -0.25) is 9.59 Å². The lowest BCUT2D eigenvalue weighted by Gasteiger charge is -2.17. The quantitative estimate of drug-likeness (QED) is 0.814. The van der Waals surface area contributed by atoms with Gasteiger partial charge in [0.15, 0.2) is 0 Å². The molecule has 4 nitrogen and oxygen atoms in total. The summed E-state index contributed by atoms with van der Waals surface area (Å²) in [5.74, 6) is -0.665. The third-order valence-electron chi connectivity index (χ3n) is 3.79. The number of amides is 1. The number of benzene rings is 2. The van der Waals surface area contributed by atoms with Crippen molar-refractivity contribution in [3.63, 3.8) is 0 Å². The van der Waals surface area contributed by atoms with Gasteiger partial charge in [0.25, 0.3) is 0 Å². The van der Waals surface area contributed by atoms with Crippen LogP contribution < -0.4 is 4.90 Å². The molecule has 3 rings (SSSR count). The van der Waals surface area contributed by atoms with E-state index in [1.807, 2.05) is 42.5 Å². The maximum absolute atomic E-state index is 12.1. The van der Waals surface area contributed by atoms with Gasteiger partial charge in [0.05, 0.1) is 12.5 Å². The van der Waals surface area contributed by atoms with Crippen LogP contribution in [0, 0.1) is 5.92 Å². The molecule has 0 aromatic heterocycles. The van der Waals surface area contributed by atoms with Crippen LogP contribution >= 0.6 is 0 Å². The molecule has 108 valence electrons. The minimum Gasteiger partial charge on any atom is -0.466 e. The van der Waals surface area contributed by atoms with E-state index in [0.717, 1.165) is 16.5 Å². The van der Waals surface area contributed by atoms with Crippen LogP contribution in [0.15, 0.2) is 42.5 Å². The van der Waals surface area contributed by atoms with Gasteiger partial charge in [-0.15, -0.1) is 0 Å². The molecule has 4 heteroatoms. The van der Waals surface area contributed by atoms with E-state index >= 15 is 0 Å². The molecule has 1 atom stereocenters. The second-order valence-corrected chi connectivity index (χ2v) is 5.19. The summed E-state index contributed by atoms with van der Waals surface area (Å²) in [4.78, 5) is 25.6. The first-order valence-corrected chi connectivity index (χ1v) is 7.15. The summed E-state index contributed by atoms with van der Waals surface area (Å²) in [6, 6.07) is 13.9. The lowest BCUT2D eigenvalue weighted by molar-refractivity contribution is -0.147. The Labute approximate surface area is 123 Å². The van der Waals surface area contributed by atoms with Crippen molar-refractivity contribution < 1.29 is 14.3 Å². The SMILES string of the molecule is CCOC(=O)[C@@H]1CC(=O)N(c2ccc3ccccc3c2)C1. The van der Waals surface area contributed by atoms with Gasteiger partial charge in [-0.05, 0) is 29.8 Å². The van der Waals surface area contributed by atoms with Crippen LogP contribution in [-0.2, 0) is 14.3 Å². The molecule has 1 aliphatic rings. The van der Waals surface area contributed by atoms with Crippen molar-refractivity contribution in [2.75, 3.05) is 18.1 Å². The van der Waals surface area contributed by atoms with Gasteiger partial charge < -0.3 is 9.64 Å². The van der Waals surface area contributed by atoms with Crippen molar-refractivity contribution >= 4 is 28.3 Å². The van der Waals surface area contributed by atoms with E-state index in [2.05, 4.69) is 0 Å². The van der Waals surface area contributed by atoms with E-state index in [9.17, 15) is 9.59 Å². The van der Waals surface area contributed by atoms with Gasteiger partial charge in [0.2, 0.25) is 5.91 Å². The van der Waals surface area contributed by atoms with Gasteiger partial charge in [-0.2, -0.15) is 0 Å². The monoisotopic (exact) mass is 283 g/mol. The summed E-state index contributed by atoms with van der Waals surface area (Å²) in [5.41, 5.74) is 0.838. The Morgan fingerprint density at radius 3 is 2.76 bits per heavy atom. The number of hydrogen-bond donors (Lipinski definition) is 0. The Bertz CT molecular complexity index is 695. The largest absolute Gasteiger partial charge is 0.466 e. The van der Waals surface area contributed by atoms with Gasteiger partial charge in [0.1, 0.15) is 0 Å². The van der Waals surface area contributed by atoms with Gasteiger partial charge >= 0.3 is 5.97 Å². The number of fused-ring (bicyclic) bond motifs is 1. The summed E-state index contributed by atoms with van der Waals surface area (Å²) >= 11 is 0. The Morgan fingerprint density at radius 2 is 2.00 bits per heavy atom. The molecule has 1 saturated heterocycles. The van der Waals surface area contributed by atoms with Crippen LogP contribution in [-0.4, -0.2) is 25.0 Å². The number of anilines is 1. The highest BCUT2D eigenvalue weighted by atomic mass is 16.5. The van der Waals surface area contributed by atoms with E-state index in [1.54, 1.807) is 11.8 Å². The Balaban J connectivity index is 1.85. The van der Waals surface area contributed by atoms with Crippen LogP contribution in [0.1, 0.15) is 13.3 Å². The normalized spacial score (nSPS) is 18.2. The zero-order valence-electron chi connectivity index (χ0n) is 11.9. The van der Waals surface area contributed by atoms with Crippen LogP contribution in [0.4, 0.5) is 5.69 Å². The average Bonchev–Trinajstić information content (AvgIpc) is 2.89. The Morgan fingerprint density at radius 1 is 1.24 bits per heavy atom. The molecule has 0 saturated carbocycles. The zero-order chi connectivity index (χ0) is 14.8. The summed E-state index contributed by atoms with van der Waals surface area (Å²) in [7, 11) is 0. The molecule has 1 aliphatic heterocycles. The number of hydrogen-bond acceptors (Lipinski definition) is 3. The second-order valence-electron chi connectivity index (χ2n) is 5.19. The fourth-order valence-electron chi connectivity index (χ4n) is 2.72. The lowest BCUT2D eigenvalue weighted by atomic mass is 10.1. The molecule has 1 amide bonds. The van der Waals surface area contributed by atoms with Crippen molar-refractivity contribution in [3.8, 4) is 0 Å². The van der Waals surface area contributed by atoms with E-state index in [-0.39, 0.29) is 24.2 Å². The fraction of sp³-hybridized carbons (Fsp3) is 0.294. The van der Waals surface area contributed by atoms with Gasteiger partial charge in [-0.1, -0.05) is 30.3 Å². The van der Waals surface area contributed by atoms with Crippen molar-refractivity contribution in [3.05, 3.63) is 42.5 Å². The topological polar surface area (TPSA) is 46.6 Å². The zero-order valence-corrected chi connectivity index (χ0v) is 11.9. The van der Waals surface area contributed by atoms with E-state index in [1.165, 1.54) is 0 Å². The Hall–Kier alpha value is -2.36. The number of nitrogens with zero attached hydrogens (tertiary/aromatic N) is 1. The smallest absolute Gasteiger partial charge is 0.311 e. The maximum Gasteiger partial charge on any atom is 0.311 e. The van der Waals surface area contributed by atoms with Crippen molar-refractivity contribution in [2.24, 2.45) is 5.92 Å². The van der Waals surface area contributed by atoms with Crippen LogP contribution in [0.2, 0.25) is 0 Å². The third-order valence-corrected chi connectivity index (χ3v) is 3.79. The van der Waals surface area contributed by atoms with E-state index in [0.29, 0.717) is 13.2 Å². The minimum atomic E-state index is -0.357. The highest BCUT2D eigenvalue weighted by molar-refractivity contribution is 6.01. The number of esters is 1. The number of carbonyl (C=O) groups excluding carboxylic acids is 2. The minimum absolute atomic E-state index is 0.0247. The highest BCUT2D eigenvalue weighted by Gasteiger charge is 2.36. The number of carbonyl (C=O) groups is 2. The molecular weight excluding hydrogens is 266 g/mol. The van der Waals surface area contributed by atoms with Crippen molar-refractivity contribution in [2.45, 2.75) is 13.3 Å². The molecule has 21 heavy (non-hydrogen) atoms. The standard InChI is InChI=1S/C17H17NO3/c1-2-21-17(20)14-10-16(19)18(11-14)15-8-7-12-5-3-4-6-13(12)9-15/h3-9,14H,2,10-11H2,1H3/t14-/m1/s1. The maximum atomic E-state index is 12.1. The third kappa shape index (κ3) is 2.61. The summed E-state index contributed by atoms with van der Waals surface area (Å²) in [6.45, 7) is 2.52. The van der Waals surface area contributed by atoms with Gasteiger partial charge in [-0.25, -0.2) is 0 Å². The van der Waals surface area contributed by atoms with Crippen molar-refractivity contribution in [1.29, 1.82) is 0 Å². The second kappa shape index (κ2) is 5.56. The van der Waals surface area contributed by atoms with Crippen LogP contribution in [0.25, 0.3) is 10.8 Å². The molecule has 0 unspecified atom stereocenters. The summed E-state index contributed by atoms with van der Waals surface area (Å²) in [6.07, 6.45) is 0.228. The molecule has 2 aromatic rings. The average molecular weight is 283 g/mol. The van der Waals surface area contributed by atoms with Crippen LogP contribution in [0.5, 0.6) is 0 Å². The van der Waals surface area contributed by atoms with Crippen molar-refractivity contribution in [1.82, 2.24) is 0 Å². The Kier molecular flexibility index (Phi) is 3.60. The highest BCUT2D eigenvalue weighted by Crippen LogP contribution is 2.28. The molecule has 1 heterocycles. The first kappa shape index (κ1) is 13.6. The van der Waals surface area contributed by atoms with Gasteiger partial charge in [0, 0.05) is 18.7 Å². The number of rotatable bonds is 3. The molecule has 0 aliphatic carbocycles. The van der Waals surface area contributed by atoms with Crippen LogP contribution in [0.3, 0.4) is 0 Å². The first-order valence-electron chi connectivity index (χ1n) is 7.15. The number of ether oxygens (including phenoxy) is 1. The molecule has 2 aromatic carbocycles. The van der Waals surface area contributed by atoms with E-state index in [4.69, 9.17) is 4.74 Å². The summed E-state index contributed by atoms with van der Waals surface area (Å²) < 4.78 is 5.01. The van der Waals surface area contributed by atoms with E-state index < -0.39 is 0 Å². The molecular formula is C17H17NO3. The molecule has 1 fully saturated rings. The summed E-state index contributed by atoms with van der Waals surface area (Å²) in [5, 5.41) is 2.22. The molecule has 0 bridgehead atoms. The fourth-order valence-corrected chi connectivity index (χ4v) is 2.72.